The predicted octanol–water partition coefficient (Wildman–Crippen LogP) is 2.59. The van der Waals surface area contributed by atoms with Crippen LogP contribution in [0.4, 0.5) is 11.5 Å². The Morgan fingerprint density at radius 3 is 2.36 bits per heavy atom. The SMILES string of the molecule is CC(=O)N(CC(=O)Nc1cc(C)on1)c1c(C)cccc1C. The van der Waals surface area contributed by atoms with E-state index in [0.717, 1.165) is 16.8 Å². The van der Waals surface area contributed by atoms with E-state index in [4.69, 9.17) is 4.52 Å². The molecule has 116 valence electrons. The molecule has 1 aromatic carbocycles. The highest BCUT2D eigenvalue weighted by atomic mass is 16.5. The van der Waals surface area contributed by atoms with E-state index in [9.17, 15) is 9.59 Å². The second-order valence-corrected chi connectivity index (χ2v) is 5.22. The summed E-state index contributed by atoms with van der Waals surface area (Å²) >= 11 is 0. The summed E-state index contributed by atoms with van der Waals surface area (Å²) in [7, 11) is 0. The lowest BCUT2D eigenvalue weighted by Crippen LogP contribution is -2.37. The molecular weight excluding hydrogens is 282 g/mol. The van der Waals surface area contributed by atoms with Crippen LogP contribution in [0.1, 0.15) is 23.8 Å². The molecule has 6 nitrogen and oxygen atoms in total. The number of nitrogens with zero attached hydrogens (tertiary/aromatic N) is 2. The van der Waals surface area contributed by atoms with Crippen molar-refractivity contribution < 1.29 is 14.1 Å². The molecular formula is C16H19N3O3. The first-order chi connectivity index (χ1) is 10.4. The van der Waals surface area contributed by atoms with Crippen LogP contribution in [0, 0.1) is 20.8 Å². The van der Waals surface area contributed by atoms with E-state index >= 15 is 0 Å². The van der Waals surface area contributed by atoms with Gasteiger partial charge in [0.2, 0.25) is 11.8 Å². The topological polar surface area (TPSA) is 75.4 Å². The van der Waals surface area contributed by atoms with Gasteiger partial charge in [-0.1, -0.05) is 23.4 Å². The minimum absolute atomic E-state index is 0.0765. The van der Waals surface area contributed by atoms with E-state index in [1.165, 1.54) is 11.8 Å². The summed E-state index contributed by atoms with van der Waals surface area (Å²) < 4.78 is 4.90. The van der Waals surface area contributed by atoms with Gasteiger partial charge in [0, 0.05) is 13.0 Å². The number of benzene rings is 1. The summed E-state index contributed by atoms with van der Waals surface area (Å²) in [5.74, 6) is 0.427. The standard InChI is InChI=1S/C16H19N3O3/c1-10-6-5-7-11(2)16(10)19(13(4)20)9-15(21)17-14-8-12(3)22-18-14/h5-8H,9H2,1-4H3,(H,17,18,21). The number of anilines is 2. The van der Waals surface area contributed by atoms with Crippen LogP contribution in [0.15, 0.2) is 28.8 Å². The molecule has 1 N–H and O–H groups in total. The van der Waals surface area contributed by atoms with Gasteiger partial charge in [-0.15, -0.1) is 0 Å². The molecule has 2 amide bonds. The van der Waals surface area contributed by atoms with Crippen molar-refractivity contribution in [3.8, 4) is 0 Å². The smallest absolute Gasteiger partial charge is 0.245 e. The Morgan fingerprint density at radius 2 is 1.86 bits per heavy atom. The van der Waals surface area contributed by atoms with E-state index in [1.54, 1.807) is 13.0 Å². The second-order valence-electron chi connectivity index (χ2n) is 5.22. The molecule has 2 aromatic rings. The lowest BCUT2D eigenvalue weighted by atomic mass is 10.1. The fourth-order valence-corrected chi connectivity index (χ4v) is 2.33. The van der Waals surface area contributed by atoms with Gasteiger partial charge in [-0.2, -0.15) is 0 Å². The molecule has 22 heavy (non-hydrogen) atoms. The van der Waals surface area contributed by atoms with Crippen molar-refractivity contribution in [1.82, 2.24) is 5.16 Å². The Labute approximate surface area is 129 Å². The average molecular weight is 301 g/mol. The van der Waals surface area contributed by atoms with E-state index in [1.807, 2.05) is 32.0 Å². The summed E-state index contributed by atoms with van der Waals surface area (Å²) in [6, 6.07) is 7.37. The van der Waals surface area contributed by atoms with Crippen LogP contribution in [0.5, 0.6) is 0 Å². The highest BCUT2D eigenvalue weighted by Gasteiger charge is 2.19. The zero-order valence-electron chi connectivity index (χ0n) is 13.1. The average Bonchev–Trinajstić information content (AvgIpc) is 2.82. The number of hydrogen-bond donors (Lipinski definition) is 1. The van der Waals surface area contributed by atoms with Gasteiger partial charge in [0.25, 0.3) is 0 Å². The van der Waals surface area contributed by atoms with Crippen molar-refractivity contribution in [2.24, 2.45) is 0 Å². The maximum atomic E-state index is 12.1. The number of carbonyl (C=O) groups is 2. The molecule has 0 unspecified atom stereocenters. The summed E-state index contributed by atoms with van der Waals surface area (Å²) in [6.45, 7) is 6.93. The molecule has 2 rings (SSSR count). The van der Waals surface area contributed by atoms with Gasteiger partial charge in [0.1, 0.15) is 12.3 Å². The van der Waals surface area contributed by atoms with Crippen LogP contribution >= 0.6 is 0 Å². The molecule has 0 radical (unpaired) electrons. The Morgan fingerprint density at radius 1 is 1.23 bits per heavy atom. The third-order valence-corrected chi connectivity index (χ3v) is 3.29. The molecule has 0 fully saturated rings. The van der Waals surface area contributed by atoms with Crippen LogP contribution in [0.3, 0.4) is 0 Å². The summed E-state index contributed by atoms with van der Waals surface area (Å²) in [6.07, 6.45) is 0. The fraction of sp³-hybridized carbons (Fsp3) is 0.312. The summed E-state index contributed by atoms with van der Waals surface area (Å²) in [5.41, 5.74) is 2.65. The first-order valence-corrected chi connectivity index (χ1v) is 6.96. The van der Waals surface area contributed by atoms with Crippen molar-refractivity contribution in [2.45, 2.75) is 27.7 Å². The minimum Gasteiger partial charge on any atom is -0.360 e. The van der Waals surface area contributed by atoms with Gasteiger partial charge in [-0.3, -0.25) is 9.59 Å². The first-order valence-electron chi connectivity index (χ1n) is 6.96. The largest absolute Gasteiger partial charge is 0.360 e. The number of carbonyl (C=O) groups excluding carboxylic acids is 2. The Balaban J connectivity index is 2.19. The van der Waals surface area contributed by atoms with Crippen LogP contribution < -0.4 is 10.2 Å². The summed E-state index contributed by atoms with van der Waals surface area (Å²) in [5, 5.41) is 6.32. The highest BCUT2D eigenvalue weighted by Crippen LogP contribution is 2.24. The monoisotopic (exact) mass is 301 g/mol. The van der Waals surface area contributed by atoms with Crippen LogP contribution in [-0.2, 0) is 9.59 Å². The van der Waals surface area contributed by atoms with Gasteiger partial charge in [-0.05, 0) is 31.9 Å². The van der Waals surface area contributed by atoms with Crippen LogP contribution in [0.25, 0.3) is 0 Å². The molecule has 0 saturated heterocycles. The number of amides is 2. The lowest BCUT2D eigenvalue weighted by Gasteiger charge is -2.24. The molecule has 0 spiro atoms. The van der Waals surface area contributed by atoms with E-state index in [2.05, 4.69) is 10.5 Å². The van der Waals surface area contributed by atoms with Crippen molar-refractivity contribution in [3.63, 3.8) is 0 Å². The predicted molar refractivity (Wildman–Crippen MR) is 83.8 cm³/mol. The van der Waals surface area contributed by atoms with E-state index < -0.39 is 0 Å². The van der Waals surface area contributed by atoms with Crippen molar-refractivity contribution >= 4 is 23.3 Å². The lowest BCUT2D eigenvalue weighted by molar-refractivity contribution is -0.120. The van der Waals surface area contributed by atoms with Gasteiger partial charge in [0.15, 0.2) is 5.82 Å². The number of hydrogen-bond acceptors (Lipinski definition) is 4. The third kappa shape index (κ3) is 3.52. The number of nitrogens with one attached hydrogen (secondary N) is 1. The molecule has 6 heteroatoms. The van der Waals surface area contributed by atoms with Gasteiger partial charge in [-0.25, -0.2) is 0 Å². The Bertz CT molecular complexity index is 686. The minimum atomic E-state index is -0.328. The van der Waals surface area contributed by atoms with Crippen molar-refractivity contribution in [3.05, 3.63) is 41.2 Å². The molecule has 0 aliphatic carbocycles. The van der Waals surface area contributed by atoms with E-state index in [0.29, 0.717) is 11.6 Å². The maximum Gasteiger partial charge on any atom is 0.245 e. The van der Waals surface area contributed by atoms with Gasteiger partial charge < -0.3 is 14.7 Å². The molecule has 0 aliphatic rings. The van der Waals surface area contributed by atoms with Gasteiger partial charge >= 0.3 is 0 Å². The number of rotatable bonds is 4. The third-order valence-electron chi connectivity index (χ3n) is 3.29. The number of para-hydroxylation sites is 1. The Kier molecular flexibility index (Phi) is 4.60. The molecule has 1 aromatic heterocycles. The van der Waals surface area contributed by atoms with Crippen LogP contribution in [-0.4, -0.2) is 23.5 Å². The van der Waals surface area contributed by atoms with Crippen molar-refractivity contribution in [1.29, 1.82) is 0 Å². The summed E-state index contributed by atoms with van der Waals surface area (Å²) in [4.78, 5) is 25.6. The quantitative estimate of drug-likeness (QED) is 0.941. The molecule has 0 bridgehead atoms. The Hall–Kier alpha value is -2.63. The number of aryl methyl sites for hydroxylation is 3. The highest BCUT2D eigenvalue weighted by molar-refractivity contribution is 6.02. The zero-order valence-corrected chi connectivity index (χ0v) is 13.1. The normalized spacial score (nSPS) is 10.4. The molecule has 0 atom stereocenters. The first kappa shape index (κ1) is 15.8. The zero-order chi connectivity index (χ0) is 16.3. The van der Waals surface area contributed by atoms with Gasteiger partial charge in [0.05, 0.1) is 5.69 Å². The fourth-order valence-electron chi connectivity index (χ4n) is 2.33. The molecule has 1 heterocycles. The van der Waals surface area contributed by atoms with Crippen LogP contribution in [0.2, 0.25) is 0 Å². The van der Waals surface area contributed by atoms with Crippen molar-refractivity contribution in [2.75, 3.05) is 16.8 Å². The maximum absolute atomic E-state index is 12.1. The molecule has 0 saturated carbocycles. The molecule has 0 aliphatic heterocycles. The van der Waals surface area contributed by atoms with E-state index in [-0.39, 0.29) is 18.4 Å². The second kappa shape index (κ2) is 6.43. The number of aromatic nitrogens is 1.